The molecule has 2 heterocycles. The molecule has 3 rings (SSSR count). The molecule has 0 amide bonds. The second kappa shape index (κ2) is 13.6. The van der Waals surface area contributed by atoms with E-state index in [1.807, 2.05) is 33.0 Å². The van der Waals surface area contributed by atoms with Gasteiger partial charge in [-0.2, -0.15) is 0 Å². The smallest absolute Gasteiger partial charge is 0.208 e. The Morgan fingerprint density at radius 3 is 2.48 bits per heavy atom. The van der Waals surface area contributed by atoms with Gasteiger partial charge in [0.1, 0.15) is 5.76 Å². The standard InChI is InChI=1S/C24H37N5O3.HI/c1-17-18(2)32-23(28-17)16-29-12-9-20(10-13-29)15-27-24(25-3)26-11-8-19-6-7-21(30-4)22(14-19)31-5;/h6-7,14,20H,8-13,15-16H2,1-5H3,(H2,25,26,27);1H. The maximum absolute atomic E-state index is 5.73. The molecule has 0 unspecified atom stereocenters. The second-order valence-corrected chi connectivity index (χ2v) is 8.29. The highest BCUT2D eigenvalue weighted by Crippen LogP contribution is 2.27. The number of ether oxygens (including phenoxy) is 2. The van der Waals surface area contributed by atoms with Crippen LogP contribution in [0.3, 0.4) is 0 Å². The number of nitrogens with one attached hydrogen (secondary N) is 2. The summed E-state index contributed by atoms with van der Waals surface area (Å²) in [4.78, 5) is 11.3. The van der Waals surface area contributed by atoms with Gasteiger partial charge in [0, 0.05) is 20.1 Å². The van der Waals surface area contributed by atoms with Crippen molar-refractivity contribution in [3.8, 4) is 11.5 Å². The lowest BCUT2D eigenvalue weighted by Gasteiger charge is -2.31. The van der Waals surface area contributed by atoms with Crippen LogP contribution in [0.15, 0.2) is 27.6 Å². The average Bonchev–Trinajstić information content (AvgIpc) is 3.13. The van der Waals surface area contributed by atoms with Crippen LogP contribution in [0.2, 0.25) is 0 Å². The molecule has 1 aliphatic heterocycles. The SMILES string of the molecule is CN=C(NCCc1ccc(OC)c(OC)c1)NCC1CCN(Cc2nc(C)c(C)o2)CC1.I. The molecule has 0 bridgehead atoms. The van der Waals surface area contributed by atoms with Gasteiger partial charge in [-0.3, -0.25) is 9.89 Å². The summed E-state index contributed by atoms with van der Waals surface area (Å²) in [6.45, 7) is 8.63. The van der Waals surface area contributed by atoms with Crippen molar-refractivity contribution < 1.29 is 13.9 Å². The van der Waals surface area contributed by atoms with Crippen LogP contribution in [-0.4, -0.2) is 63.3 Å². The van der Waals surface area contributed by atoms with Crippen LogP contribution in [0.25, 0.3) is 0 Å². The summed E-state index contributed by atoms with van der Waals surface area (Å²) in [7, 11) is 5.12. The minimum absolute atomic E-state index is 0. The molecule has 1 fully saturated rings. The lowest BCUT2D eigenvalue weighted by molar-refractivity contribution is 0.164. The first-order valence-corrected chi connectivity index (χ1v) is 11.3. The van der Waals surface area contributed by atoms with E-state index in [2.05, 4.69) is 31.6 Å². The maximum Gasteiger partial charge on any atom is 0.208 e. The zero-order valence-corrected chi connectivity index (χ0v) is 22.8. The first kappa shape index (κ1) is 27.2. The van der Waals surface area contributed by atoms with Gasteiger partial charge in [-0.05, 0) is 69.8 Å². The molecule has 1 aromatic carbocycles. The molecule has 1 saturated heterocycles. The van der Waals surface area contributed by atoms with Crippen LogP contribution in [-0.2, 0) is 13.0 Å². The number of piperidine rings is 1. The summed E-state index contributed by atoms with van der Waals surface area (Å²) in [5, 5.41) is 6.89. The number of rotatable bonds is 9. The Bertz CT molecular complexity index is 875. The molecule has 0 saturated carbocycles. The Morgan fingerprint density at radius 2 is 1.88 bits per heavy atom. The molecule has 0 aliphatic carbocycles. The van der Waals surface area contributed by atoms with Gasteiger partial charge in [-0.25, -0.2) is 4.98 Å². The summed E-state index contributed by atoms with van der Waals surface area (Å²) in [5.41, 5.74) is 2.18. The molecule has 184 valence electrons. The Balaban J connectivity index is 0.00000385. The topological polar surface area (TPSA) is 84.2 Å². The number of hydrogen-bond acceptors (Lipinski definition) is 6. The summed E-state index contributed by atoms with van der Waals surface area (Å²) < 4.78 is 16.4. The summed E-state index contributed by atoms with van der Waals surface area (Å²) in [6, 6.07) is 6.02. The van der Waals surface area contributed by atoms with Crippen molar-refractivity contribution in [3.05, 3.63) is 41.1 Å². The van der Waals surface area contributed by atoms with E-state index in [-0.39, 0.29) is 24.0 Å². The zero-order chi connectivity index (χ0) is 22.9. The minimum Gasteiger partial charge on any atom is -0.493 e. The third-order valence-electron chi connectivity index (χ3n) is 6.07. The first-order valence-electron chi connectivity index (χ1n) is 11.3. The fourth-order valence-corrected chi connectivity index (χ4v) is 3.97. The molecule has 33 heavy (non-hydrogen) atoms. The fourth-order valence-electron chi connectivity index (χ4n) is 3.97. The van der Waals surface area contributed by atoms with Gasteiger partial charge in [-0.15, -0.1) is 24.0 Å². The van der Waals surface area contributed by atoms with Crippen LogP contribution in [0.1, 0.15) is 35.7 Å². The van der Waals surface area contributed by atoms with E-state index in [1.54, 1.807) is 14.2 Å². The lowest BCUT2D eigenvalue weighted by atomic mass is 9.97. The number of oxazole rings is 1. The molecule has 2 aromatic rings. The Kier molecular flexibility index (Phi) is 11.3. The Labute approximate surface area is 214 Å². The van der Waals surface area contributed by atoms with Gasteiger partial charge in [0.05, 0.1) is 26.5 Å². The molecule has 1 aliphatic rings. The number of halogens is 1. The van der Waals surface area contributed by atoms with E-state index in [1.165, 1.54) is 5.56 Å². The monoisotopic (exact) mass is 571 g/mol. The molecule has 0 atom stereocenters. The number of nitrogens with zero attached hydrogens (tertiary/aromatic N) is 3. The molecule has 8 nitrogen and oxygen atoms in total. The highest BCUT2D eigenvalue weighted by Gasteiger charge is 2.21. The third-order valence-corrected chi connectivity index (χ3v) is 6.07. The van der Waals surface area contributed by atoms with Crippen molar-refractivity contribution >= 4 is 29.9 Å². The van der Waals surface area contributed by atoms with Crippen LogP contribution in [0.5, 0.6) is 11.5 Å². The van der Waals surface area contributed by atoms with Crippen molar-refractivity contribution in [2.24, 2.45) is 10.9 Å². The summed E-state index contributed by atoms with van der Waals surface area (Å²) >= 11 is 0. The quantitative estimate of drug-likeness (QED) is 0.271. The largest absolute Gasteiger partial charge is 0.493 e. The number of hydrogen-bond donors (Lipinski definition) is 2. The molecule has 2 N–H and O–H groups in total. The predicted molar refractivity (Wildman–Crippen MR) is 142 cm³/mol. The minimum atomic E-state index is 0. The van der Waals surface area contributed by atoms with Crippen LogP contribution in [0, 0.1) is 19.8 Å². The molecular formula is C24H38IN5O3. The number of aliphatic imine (C=N–C) groups is 1. The van der Waals surface area contributed by atoms with E-state index in [0.717, 1.165) is 86.8 Å². The Morgan fingerprint density at radius 1 is 1.15 bits per heavy atom. The summed E-state index contributed by atoms with van der Waals surface area (Å²) in [6.07, 6.45) is 3.20. The number of methoxy groups -OCH3 is 2. The van der Waals surface area contributed by atoms with Gasteiger partial charge in [0.15, 0.2) is 17.5 Å². The van der Waals surface area contributed by atoms with Crippen molar-refractivity contribution in [3.63, 3.8) is 0 Å². The van der Waals surface area contributed by atoms with Crippen LogP contribution >= 0.6 is 24.0 Å². The van der Waals surface area contributed by atoms with Crippen molar-refractivity contribution in [1.29, 1.82) is 0 Å². The van der Waals surface area contributed by atoms with E-state index in [9.17, 15) is 0 Å². The highest BCUT2D eigenvalue weighted by molar-refractivity contribution is 14.0. The van der Waals surface area contributed by atoms with Crippen LogP contribution < -0.4 is 20.1 Å². The lowest BCUT2D eigenvalue weighted by Crippen LogP contribution is -2.43. The predicted octanol–water partition coefficient (Wildman–Crippen LogP) is 3.55. The van der Waals surface area contributed by atoms with Crippen molar-refractivity contribution in [1.82, 2.24) is 20.5 Å². The number of aryl methyl sites for hydroxylation is 2. The maximum atomic E-state index is 5.73. The Hall–Kier alpha value is -2.01. The number of aromatic nitrogens is 1. The molecule has 9 heteroatoms. The first-order chi connectivity index (χ1) is 15.5. The molecule has 0 radical (unpaired) electrons. The summed E-state index contributed by atoms with van der Waals surface area (Å²) in [5.74, 6) is 4.74. The highest BCUT2D eigenvalue weighted by atomic mass is 127. The van der Waals surface area contributed by atoms with E-state index < -0.39 is 0 Å². The second-order valence-electron chi connectivity index (χ2n) is 8.29. The zero-order valence-electron chi connectivity index (χ0n) is 20.4. The normalized spacial score (nSPS) is 15.1. The number of guanidine groups is 1. The fraction of sp³-hybridized carbons (Fsp3) is 0.583. The van der Waals surface area contributed by atoms with Gasteiger partial charge >= 0.3 is 0 Å². The van der Waals surface area contributed by atoms with Gasteiger partial charge in [0.2, 0.25) is 5.89 Å². The van der Waals surface area contributed by atoms with E-state index in [0.29, 0.717) is 5.92 Å². The molecule has 1 aromatic heterocycles. The van der Waals surface area contributed by atoms with Crippen molar-refractivity contribution in [2.75, 3.05) is 47.4 Å². The van der Waals surface area contributed by atoms with Crippen LogP contribution in [0.4, 0.5) is 0 Å². The van der Waals surface area contributed by atoms with E-state index >= 15 is 0 Å². The third kappa shape index (κ3) is 8.06. The molecular weight excluding hydrogens is 533 g/mol. The number of benzene rings is 1. The van der Waals surface area contributed by atoms with Crippen molar-refractivity contribution in [2.45, 2.75) is 39.7 Å². The average molecular weight is 572 g/mol. The number of likely N-dealkylation sites (tertiary alicyclic amines) is 1. The molecule has 0 spiro atoms. The van der Waals surface area contributed by atoms with Gasteiger partial charge in [-0.1, -0.05) is 6.07 Å². The van der Waals surface area contributed by atoms with Gasteiger partial charge < -0.3 is 24.5 Å². The van der Waals surface area contributed by atoms with Gasteiger partial charge in [0.25, 0.3) is 0 Å². The van der Waals surface area contributed by atoms with E-state index in [4.69, 9.17) is 13.9 Å².